The molecule has 0 amide bonds. The molecule has 1 saturated heterocycles. The highest BCUT2D eigenvalue weighted by atomic mass is 31.1. The quantitative estimate of drug-likeness (QED) is 0.285. The standard InChI is InChI=1S/C28H29N4O4P/c1-19-4-2-3-5-27(19)37(33)36-22-7-9-25-23(18-22)28(31-30-25)26-17-20-16-21(6-8-24(20)29-26)35-15-12-32-10-13-34-14-11-32/h2-9,16-18,29,37H,10-15H2,1H3,(H,30,31). The van der Waals surface area contributed by atoms with E-state index in [2.05, 4.69) is 26.1 Å². The Morgan fingerprint density at radius 3 is 2.68 bits per heavy atom. The zero-order chi connectivity index (χ0) is 25.2. The van der Waals surface area contributed by atoms with Crippen LogP contribution in [0, 0.1) is 6.92 Å². The average Bonchev–Trinajstić information content (AvgIpc) is 3.53. The van der Waals surface area contributed by atoms with E-state index in [1.54, 1.807) is 0 Å². The fourth-order valence-electron chi connectivity index (χ4n) is 4.67. The number of H-pyrrole nitrogens is 2. The largest absolute Gasteiger partial charge is 0.492 e. The van der Waals surface area contributed by atoms with E-state index in [-0.39, 0.29) is 0 Å². The number of nitrogens with one attached hydrogen (secondary N) is 2. The average molecular weight is 517 g/mol. The summed E-state index contributed by atoms with van der Waals surface area (Å²) >= 11 is 0. The van der Waals surface area contributed by atoms with Crippen LogP contribution in [-0.2, 0) is 9.30 Å². The SMILES string of the molecule is Cc1ccccc1[PH](=O)Oc1ccc2[nH]nc(-c3cc4cc(OCCN5CCOCC5)ccc4[nH]3)c2c1. The van der Waals surface area contributed by atoms with Crippen LogP contribution < -0.4 is 14.6 Å². The van der Waals surface area contributed by atoms with Gasteiger partial charge in [-0.15, -0.1) is 0 Å². The molecular weight excluding hydrogens is 487 g/mol. The smallest absolute Gasteiger partial charge is 0.266 e. The molecule has 2 N–H and O–H groups in total. The van der Waals surface area contributed by atoms with Gasteiger partial charge in [-0.2, -0.15) is 5.10 Å². The van der Waals surface area contributed by atoms with Crippen molar-refractivity contribution in [1.82, 2.24) is 20.1 Å². The van der Waals surface area contributed by atoms with Gasteiger partial charge in [-0.25, -0.2) is 0 Å². The lowest BCUT2D eigenvalue weighted by atomic mass is 10.1. The van der Waals surface area contributed by atoms with E-state index in [1.807, 2.05) is 67.6 Å². The molecular formula is C28H29N4O4P. The second kappa shape index (κ2) is 10.4. The first-order valence-electron chi connectivity index (χ1n) is 12.5. The van der Waals surface area contributed by atoms with Crippen molar-refractivity contribution < 1.29 is 18.6 Å². The van der Waals surface area contributed by atoms with Crippen molar-refractivity contribution >= 4 is 35.1 Å². The van der Waals surface area contributed by atoms with Crippen LogP contribution in [0.2, 0.25) is 0 Å². The monoisotopic (exact) mass is 516 g/mol. The molecule has 3 heterocycles. The van der Waals surface area contributed by atoms with Crippen molar-refractivity contribution in [3.8, 4) is 22.9 Å². The van der Waals surface area contributed by atoms with Gasteiger partial charge in [-0.3, -0.25) is 14.6 Å². The van der Waals surface area contributed by atoms with Gasteiger partial charge in [0.1, 0.15) is 23.8 Å². The van der Waals surface area contributed by atoms with Crippen molar-refractivity contribution in [1.29, 1.82) is 0 Å². The Bertz CT molecular complexity index is 1570. The number of hydrogen-bond acceptors (Lipinski definition) is 6. The minimum atomic E-state index is -2.43. The summed E-state index contributed by atoms with van der Waals surface area (Å²) in [7, 11) is -2.43. The fraction of sp³-hybridized carbons (Fsp3) is 0.250. The fourth-order valence-corrected chi connectivity index (χ4v) is 5.76. The molecule has 9 heteroatoms. The molecule has 0 spiro atoms. The molecule has 3 aromatic carbocycles. The van der Waals surface area contributed by atoms with Crippen LogP contribution in [0.25, 0.3) is 33.2 Å². The Kier molecular flexibility index (Phi) is 6.70. The van der Waals surface area contributed by atoms with E-state index < -0.39 is 8.03 Å². The molecule has 1 fully saturated rings. The Hall–Kier alpha value is -3.58. The van der Waals surface area contributed by atoms with Crippen LogP contribution in [0.1, 0.15) is 5.56 Å². The summed E-state index contributed by atoms with van der Waals surface area (Å²) in [6.45, 7) is 6.96. The Morgan fingerprint density at radius 1 is 1.00 bits per heavy atom. The molecule has 0 radical (unpaired) electrons. The predicted molar refractivity (Wildman–Crippen MR) is 147 cm³/mol. The van der Waals surface area contributed by atoms with Gasteiger partial charge in [0, 0.05) is 41.2 Å². The van der Waals surface area contributed by atoms with Crippen LogP contribution in [0.3, 0.4) is 0 Å². The molecule has 1 atom stereocenters. The van der Waals surface area contributed by atoms with Gasteiger partial charge in [-0.05, 0) is 61.0 Å². The Morgan fingerprint density at radius 2 is 1.81 bits per heavy atom. The molecule has 5 aromatic rings. The highest BCUT2D eigenvalue weighted by molar-refractivity contribution is 7.48. The van der Waals surface area contributed by atoms with E-state index in [0.717, 1.165) is 82.7 Å². The van der Waals surface area contributed by atoms with Crippen LogP contribution in [-0.4, -0.2) is 59.5 Å². The van der Waals surface area contributed by atoms with E-state index >= 15 is 0 Å². The number of ether oxygens (including phenoxy) is 2. The molecule has 190 valence electrons. The normalized spacial score (nSPS) is 15.3. The van der Waals surface area contributed by atoms with Gasteiger partial charge in [0.25, 0.3) is 8.03 Å². The molecule has 0 aliphatic carbocycles. The molecule has 0 bridgehead atoms. The molecule has 1 unspecified atom stereocenters. The molecule has 8 nitrogen and oxygen atoms in total. The van der Waals surface area contributed by atoms with Crippen LogP contribution >= 0.6 is 8.03 Å². The lowest BCUT2D eigenvalue weighted by molar-refractivity contribution is 0.0322. The number of fused-ring (bicyclic) bond motifs is 2. The Balaban J connectivity index is 1.21. The molecule has 6 rings (SSSR count). The first kappa shape index (κ1) is 23.8. The number of aromatic nitrogens is 3. The minimum absolute atomic E-state index is 0.550. The maximum atomic E-state index is 12.9. The second-order valence-electron chi connectivity index (χ2n) is 9.22. The molecule has 37 heavy (non-hydrogen) atoms. The molecule has 1 aliphatic heterocycles. The summed E-state index contributed by atoms with van der Waals surface area (Å²) in [6, 6.07) is 21.3. The maximum absolute atomic E-state index is 12.9. The predicted octanol–water partition coefficient (Wildman–Crippen LogP) is 4.91. The van der Waals surface area contributed by atoms with Gasteiger partial charge >= 0.3 is 0 Å². The first-order valence-corrected chi connectivity index (χ1v) is 13.8. The van der Waals surface area contributed by atoms with Gasteiger partial charge in [-0.1, -0.05) is 18.2 Å². The van der Waals surface area contributed by atoms with Gasteiger partial charge < -0.3 is 19.0 Å². The zero-order valence-corrected chi connectivity index (χ0v) is 21.6. The van der Waals surface area contributed by atoms with E-state index in [4.69, 9.17) is 14.0 Å². The third-order valence-corrected chi connectivity index (χ3v) is 8.16. The molecule has 2 aromatic heterocycles. The van der Waals surface area contributed by atoms with Crippen molar-refractivity contribution in [2.75, 3.05) is 39.5 Å². The summed E-state index contributed by atoms with van der Waals surface area (Å²) in [5.74, 6) is 1.39. The number of hydrogen-bond donors (Lipinski definition) is 2. The van der Waals surface area contributed by atoms with Crippen LogP contribution in [0.15, 0.2) is 66.7 Å². The van der Waals surface area contributed by atoms with E-state index in [1.165, 1.54) is 0 Å². The first-order chi connectivity index (χ1) is 18.1. The topological polar surface area (TPSA) is 92.5 Å². The van der Waals surface area contributed by atoms with Crippen LogP contribution in [0.5, 0.6) is 11.5 Å². The summed E-state index contributed by atoms with van der Waals surface area (Å²) in [4.78, 5) is 5.82. The van der Waals surface area contributed by atoms with Gasteiger partial charge in [0.15, 0.2) is 0 Å². The lowest BCUT2D eigenvalue weighted by Gasteiger charge is -2.26. The third kappa shape index (κ3) is 5.14. The van der Waals surface area contributed by atoms with Crippen LogP contribution in [0.4, 0.5) is 0 Å². The number of morpholine rings is 1. The number of aromatic amines is 2. The number of aryl methyl sites for hydroxylation is 1. The molecule has 0 saturated carbocycles. The number of rotatable bonds is 8. The van der Waals surface area contributed by atoms with Crippen molar-refractivity contribution in [2.24, 2.45) is 0 Å². The summed E-state index contributed by atoms with van der Waals surface area (Å²) < 4.78 is 30.2. The lowest BCUT2D eigenvalue weighted by Crippen LogP contribution is -2.38. The summed E-state index contributed by atoms with van der Waals surface area (Å²) in [5.41, 5.74) is 4.50. The summed E-state index contributed by atoms with van der Waals surface area (Å²) in [6.07, 6.45) is 0. The van der Waals surface area contributed by atoms with Crippen molar-refractivity contribution in [3.63, 3.8) is 0 Å². The molecule has 1 aliphatic rings. The Labute approximate surface area is 215 Å². The second-order valence-corrected chi connectivity index (χ2v) is 10.5. The summed E-state index contributed by atoms with van der Waals surface area (Å²) in [5, 5.41) is 10.3. The number of nitrogens with zero attached hydrogens (tertiary/aromatic N) is 2. The van der Waals surface area contributed by atoms with E-state index in [9.17, 15) is 4.57 Å². The number of benzene rings is 3. The third-order valence-electron chi connectivity index (χ3n) is 6.74. The maximum Gasteiger partial charge on any atom is 0.266 e. The minimum Gasteiger partial charge on any atom is -0.492 e. The van der Waals surface area contributed by atoms with E-state index in [0.29, 0.717) is 12.4 Å². The highest BCUT2D eigenvalue weighted by Crippen LogP contribution is 2.34. The van der Waals surface area contributed by atoms with Gasteiger partial charge in [0.2, 0.25) is 0 Å². The van der Waals surface area contributed by atoms with Gasteiger partial charge in [0.05, 0.1) is 24.4 Å². The van der Waals surface area contributed by atoms with Crippen molar-refractivity contribution in [2.45, 2.75) is 6.92 Å². The highest BCUT2D eigenvalue weighted by Gasteiger charge is 2.15. The zero-order valence-electron chi connectivity index (χ0n) is 20.6. The van der Waals surface area contributed by atoms with Crippen molar-refractivity contribution in [3.05, 3.63) is 72.3 Å².